The van der Waals surface area contributed by atoms with E-state index in [9.17, 15) is 9.59 Å². The predicted octanol–water partition coefficient (Wildman–Crippen LogP) is 7.30. The van der Waals surface area contributed by atoms with Crippen LogP contribution in [0.3, 0.4) is 0 Å². The van der Waals surface area contributed by atoms with Gasteiger partial charge in [-0.15, -0.1) is 0 Å². The molecular formula is C31H54O6Si2. The van der Waals surface area contributed by atoms with Crippen molar-refractivity contribution >= 4 is 28.6 Å². The first-order valence-electron chi connectivity index (χ1n) is 14.2. The first kappa shape index (κ1) is 33.7. The number of fused-ring (bicyclic) bond motifs is 1. The van der Waals surface area contributed by atoms with Crippen LogP contribution >= 0.6 is 0 Å². The van der Waals surface area contributed by atoms with E-state index >= 15 is 0 Å². The molecule has 222 valence electrons. The fourth-order valence-electron chi connectivity index (χ4n) is 5.41. The average molecular weight is 579 g/mol. The van der Waals surface area contributed by atoms with E-state index in [0.717, 1.165) is 5.57 Å². The van der Waals surface area contributed by atoms with Crippen LogP contribution in [0.4, 0.5) is 0 Å². The van der Waals surface area contributed by atoms with Crippen LogP contribution in [0.5, 0.6) is 0 Å². The van der Waals surface area contributed by atoms with Crippen LogP contribution in [-0.4, -0.2) is 55.0 Å². The van der Waals surface area contributed by atoms with E-state index in [1.54, 1.807) is 0 Å². The smallest absolute Gasteiger partial charge is 0.330 e. The number of hydrogen-bond donors (Lipinski definition) is 0. The molecule has 0 aromatic rings. The van der Waals surface area contributed by atoms with Crippen molar-refractivity contribution in [3.63, 3.8) is 0 Å². The van der Waals surface area contributed by atoms with Crippen LogP contribution in [-0.2, 0) is 27.9 Å². The molecule has 0 N–H and O–H groups in total. The predicted molar refractivity (Wildman–Crippen MR) is 163 cm³/mol. The molecule has 1 saturated carbocycles. The zero-order valence-corrected chi connectivity index (χ0v) is 28.9. The van der Waals surface area contributed by atoms with Gasteiger partial charge in [0, 0.05) is 35.8 Å². The van der Waals surface area contributed by atoms with Gasteiger partial charge in [0.1, 0.15) is 0 Å². The van der Waals surface area contributed by atoms with Crippen LogP contribution in [0.1, 0.15) is 55.4 Å². The van der Waals surface area contributed by atoms with Crippen LogP contribution in [0, 0.1) is 29.6 Å². The van der Waals surface area contributed by atoms with E-state index in [2.05, 4.69) is 87.7 Å². The van der Waals surface area contributed by atoms with Crippen molar-refractivity contribution in [2.24, 2.45) is 29.6 Å². The molecule has 0 saturated heterocycles. The van der Waals surface area contributed by atoms with Crippen molar-refractivity contribution in [1.29, 1.82) is 0 Å². The van der Waals surface area contributed by atoms with Crippen LogP contribution in [0.25, 0.3) is 0 Å². The van der Waals surface area contributed by atoms with Gasteiger partial charge >= 0.3 is 11.9 Å². The molecule has 0 unspecified atom stereocenters. The van der Waals surface area contributed by atoms with E-state index < -0.39 is 28.6 Å². The van der Waals surface area contributed by atoms with Crippen molar-refractivity contribution in [3.05, 3.63) is 36.0 Å². The Bertz CT molecular complexity index is 982. The average Bonchev–Trinajstić information content (AvgIpc) is 3.04. The lowest BCUT2D eigenvalue weighted by Gasteiger charge is -2.44. The number of carbonyl (C=O) groups excluding carboxylic acids is 2. The Morgan fingerprint density at radius 2 is 1.23 bits per heavy atom. The summed E-state index contributed by atoms with van der Waals surface area (Å²) in [4.78, 5) is 24.3. The number of rotatable bonds is 8. The minimum Gasteiger partial charge on any atom is -0.466 e. The van der Waals surface area contributed by atoms with Gasteiger partial charge in [0.05, 0.1) is 26.4 Å². The number of carbonyl (C=O) groups is 2. The fraction of sp³-hybridized carbons (Fsp3) is 0.742. The maximum Gasteiger partial charge on any atom is 0.330 e. The highest BCUT2D eigenvalue weighted by molar-refractivity contribution is 6.74. The Labute approximate surface area is 239 Å². The molecule has 1 fully saturated rings. The molecule has 0 aromatic carbocycles. The van der Waals surface area contributed by atoms with Gasteiger partial charge in [-0.2, -0.15) is 0 Å². The van der Waals surface area contributed by atoms with Crippen molar-refractivity contribution < 1.29 is 27.9 Å². The summed E-state index contributed by atoms with van der Waals surface area (Å²) in [5, 5.41) is 0.118. The Hall–Kier alpha value is -1.49. The molecule has 0 aliphatic heterocycles. The van der Waals surface area contributed by atoms with Gasteiger partial charge in [0.25, 0.3) is 0 Å². The zero-order chi connectivity index (χ0) is 30.1. The fourth-order valence-corrected chi connectivity index (χ4v) is 8.22. The summed E-state index contributed by atoms with van der Waals surface area (Å²) in [6.07, 6.45) is 9.19. The van der Waals surface area contributed by atoms with Crippen LogP contribution in [0.2, 0.25) is 36.3 Å². The molecular weight excluding hydrogens is 525 g/mol. The summed E-state index contributed by atoms with van der Waals surface area (Å²) in [6.45, 7) is 27.2. The first-order valence-corrected chi connectivity index (χ1v) is 20.1. The molecule has 7 atom stereocenters. The molecule has 0 aromatic heterocycles. The molecule has 0 spiro atoms. The summed E-state index contributed by atoms with van der Waals surface area (Å²) in [5.41, 5.74) is 1.15. The normalized spacial score (nSPS) is 30.4. The number of hydrogen-bond acceptors (Lipinski definition) is 6. The molecule has 0 amide bonds. The second-order valence-corrected chi connectivity index (χ2v) is 24.0. The highest BCUT2D eigenvalue weighted by atomic mass is 28.4. The van der Waals surface area contributed by atoms with Gasteiger partial charge in [-0.1, -0.05) is 72.3 Å². The van der Waals surface area contributed by atoms with Gasteiger partial charge in [0.15, 0.2) is 16.6 Å². The third-order valence-electron chi connectivity index (χ3n) is 9.85. The van der Waals surface area contributed by atoms with E-state index in [-0.39, 0.29) is 51.9 Å². The zero-order valence-electron chi connectivity index (χ0n) is 26.9. The molecule has 2 rings (SSSR count). The Balaban J connectivity index is 2.73. The molecule has 0 heterocycles. The summed E-state index contributed by atoms with van der Waals surface area (Å²) < 4.78 is 24.3. The molecule has 2 aliphatic carbocycles. The van der Waals surface area contributed by atoms with Gasteiger partial charge in [-0.25, -0.2) is 9.59 Å². The standard InChI is InChI=1S/C31H54O6Si2/c1-20-19-24-27(23(16-18-26(33)35-10)22(20)15-17-25(32)34-9)29(37-39(13,14)31(6,7)8)21(2)28(24)36-38(11,12)30(3,4)5/h15-19,21-24,27-29H,1-14H3/b17-15+,18-16+/t21-,22-,23-,24+,27+,28-,29+/m0/s1. The molecule has 39 heavy (non-hydrogen) atoms. The molecule has 2 aliphatic rings. The molecule has 0 bridgehead atoms. The maximum atomic E-state index is 12.3. The van der Waals surface area contributed by atoms with Gasteiger partial charge < -0.3 is 18.3 Å². The largest absolute Gasteiger partial charge is 0.466 e. The third-order valence-corrected chi connectivity index (χ3v) is 18.8. The van der Waals surface area contributed by atoms with Crippen molar-refractivity contribution in [2.75, 3.05) is 14.2 Å². The molecule has 6 nitrogen and oxygen atoms in total. The van der Waals surface area contributed by atoms with Crippen molar-refractivity contribution in [1.82, 2.24) is 0 Å². The monoisotopic (exact) mass is 578 g/mol. The van der Waals surface area contributed by atoms with Crippen molar-refractivity contribution in [2.45, 2.75) is 104 Å². The lowest BCUT2D eigenvalue weighted by atomic mass is 9.67. The summed E-state index contributed by atoms with van der Waals surface area (Å²) in [6, 6.07) is 0. The third kappa shape index (κ3) is 7.43. The summed E-state index contributed by atoms with van der Waals surface area (Å²) in [5.74, 6) is -0.602. The summed E-state index contributed by atoms with van der Waals surface area (Å²) >= 11 is 0. The SMILES string of the molecule is COC(=O)/C=C/[C@@H]1[C@@H]2[C@@H](C=C(C)[C@@H]1/C=C/C(=O)OC)[C@@H](O[Si](C)(C)C(C)(C)C)[C@H](C)[C@H]2O[Si](C)(C)C(C)(C)C. The number of ether oxygens (including phenoxy) is 2. The van der Waals surface area contributed by atoms with Crippen LogP contribution in [0.15, 0.2) is 36.0 Å². The number of esters is 2. The lowest BCUT2D eigenvalue weighted by molar-refractivity contribution is -0.135. The van der Waals surface area contributed by atoms with Gasteiger partial charge in [-0.05, 0) is 49.1 Å². The molecule has 8 heteroatoms. The number of methoxy groups -OCH3 is 2. The first-order chi connectivity index (χ1) is 17.7. The number of allylic oxidation sites excluding steroid dienone is 3. The maximum absolute atomic E-state index is 12.3. The van der Waals surface area contributed by atoms with Crippen molar-refractivity contribution in [3.8, 4) is 0 Å². The lowest BCUT2D eigenvalue weighted by Crippen LogP contribution is -2.48. The Kier molecular flexibility index (Phi) is 10.5. The Morgan fingerprint density at radius 3 is 1.67 bits per heavy atom. The van der Waals surface area contributed by atoms with E-state index in [1.165, 1.54) is 26.4 Å². The van der Waals surface area contributed by atoms with E-state index in [1.807, 2.05) is 12.2 Å². The molecule has 0 radical (unpaired) electrons. The summed E-state index contributed by atoms with van der Waals surface area (Å²) in [7, 11) is -1.47. The van der Waals surface area contributed by atoms with E-state index in [0.29, 0.717) is 0 Å². The van der Waals surface area contributed by atoms with E-state index in [4.69, 9.17) is 18.3 Å². The quantitative estimate of drug-likeness (QED) is 0.130. The minimum atomic E-state index is -2.15. The Morgan fingerprint density at radius 1 is 0.795 bits per heavy atom. The second kappa shape index (κ2) is 12.2. The second-order valence-electron chi connectivity index (χ2n) is 14.5. The highest BCUT2D eigenvalue weighted by Gasteiger charge is 2.58. The topological polar surface area (TPSA) is 71.1 Å². The minimum absolute atomic E-state index is 0.000161. The van der Waals surface area contributed by atoms with Gasteiger partial charge in [0.2, 0.25) is 0 Å². The van der Waals surface area contributed by atoms with Gasteiger partial charge in [-0.3, -0.25) is 0 Å². The highest BCUT2D eigenvalue weighted by Crippen LogP contribution is 2.55. The van der Waals surface area contributed by atoms with Crippen LogP contribution < -0.4 is 0 Å².